The Bertz CT molecular complexity index is 1340. The Hall–Kier alpha value is -3.44. The number of nitrogens with zero attached hydrogens (tertiary/aromatic N) is 5. The second-order valence-electron chi connectivity index (χ2n) is 6.83. The number of imidazole rings is 1. The number of amides is 1. The summed E-state index contributed by atoms with van der Waals surface area (Å²) in [5.74, 6) is -0.293. The Kier molecular flexibility index (Phi) is 6.09. The lowest BCUT2D eigenvalue weighted by Crippen LogP contribution is -2.26. The van der Waals surface area contributed by atoms with Crippen molar-refractivity contribution in [2.75, 3.05) is 5.32 Å². The van der Waals surface area contributed by atoms with Gasteiger partial charge in [-0.2, -0.15) is 13.2 Å². The molecule has 8 nitrogen and oxygen atoms in total. The SMILES string of the molecule is Cn1c(Nc2c(Cl)cncc2Cl)nc2cc(C(=O)NCc3ncccc3C(F)(F)F)ncc21. The molecule has 4 aromatic rings. The van der Waals surface area contributed by atoms with E-state index in [1.165, 1.54) is 36.9 Å². The van der Waals surface area contributed by atoms with Crippen molar-refractivity contribution in [1.82, 2.24) is 29.8 Å². The van der Waals surface area contributed by atoms with Gasteiger partial charge in [0.15, 0.2) is 0 Å². The fraction of sp³-hybridized carbons (Fsp3) is 0.150. The van der Waals surface area contributed by atoms with E-state index in [4.69, 9.17) is 23.2 Å². The summed E-state index contributed by atoms with van der Waals surface area (Å²) < 4.78 is 41.0. The molecule has 4 aromatic heterocycles. The van der Waals surface area contributed by atoms with Crippen LogP contribution >= 0.6 is 23.2 Å². The average molecular weight is 496 g/mol. The molecular formula is C20H14Cl2F3N7O. The maximum atomic E-state index is 13.1. The van der Waals surface area contributed by atoms with Crippen LogP contribution in [-0.4, -0.2) is 30.4 Å². The summed E-state index contributed by atoms with van der Waals surface area (Å²) in [6.07, 6.45) is 0.927. The van der Waals surface area contributed by atoms with Gasteiger partial charge in [-0.1, -0.05) is 23.2 Å². The monoisotopic (exact) mass is 495 g/mol. The number of rotatable bonds is 5. The molecule has 0 aliphatic heterocycles. The van der Waals surface area contributed by atoms with Gasteiger partial charge in [0.2, 0.25) is 5.95 Å². The second-order valence-corrected chi connectivity index (χ2v) is 7.65. The molecule has 0 atom stereocenters. The number of carbonyl (C=O) groups is 1. The fourth-order valence-corrected chi connectivity index (χ4v) is 3.52. The van der Waals surface area contributed by atoms with Gasteiger partial charge in [0.25, 0.3) is 5.91 Å². The van der Waals surface area contributed by atoms with Crippen LogP contribution in [0.3, 0.4) is 0 Å². The standard InChI is InChI=1S/C20H14Cl2F3N7O/c1-32-16-9-28-14(18(33)29-8-15-10(20(23,24)25)3-2-4-27-15)5-13(16)30-19(32)31-17-11(21)6-26-7-12(17)22/h2-7,9H,8H2,1H3,(H,29,33)(H,26,30,31). The number of carbonyl (C=O) groups excluding carboxylic acids is 1. The highest BCUT2D eigenvalue weighted by molar-refractivity contribution is 6.39. The number of fused-ring (bicyclic) bond motifs is 1. The van der Waals surface area contributed by atoms with Crippen LogP contribution in [0.15, 0.2) is 43.0 Å². The first-order chi connectivity index (χ1) is 15.6. The Morgan fingerprint density at radius 3 is 2.58 bits per heavy atom. The number of anilines is 2. The first-order valence-corrected chi connectivity index (χ1v) is 10.1. The number of nitrogens with one attached hydrogen (secondary N) is 2. The van der Waals surface area contributed by atoms with Crippen LogP contribution in [0, 0.1) is 0 Å². The van der Waals surface area contributed by atoms with Crippen LogP contribution in [0.4, 0.5) is 24.8 Å². The van der Waals surface area contributed by atoms with Crippen molar-refractivity contribution in [2.24, 2.45) is 7.05 Å². The van der Waals surface area contributed by atoms with Crippen molar-refractivity contribution in [3.05, 3.63) is 70.0 Å². The van der Waals surface area contributed by atoms with E-state index < -0.39 is 24.2 Å². The number of hydrogen-bond donors (Lipinski definition) is 2. The summed E-state index contributed by atoms with van der Waals surface area (Å²) in [5.41, 5.74) is 0.206. The molecule has 0 aromatic carbocycles. The van der Waals surface area contributed by atoms with Crippen LogP contribution in [0.2, 0.25) is 10.0 Å². The first kappa shape index (κ1) is 22.7. The molecule has 0 aliphatic carbocycles. The zero-order valence-electron chi connectivity index (χ0n) is 16.8. The third kappa shape index (κ3) is 4.69. The second kappa shape index (κ2) is 8.83. The van der Waals surface area contributed by atoms with Gasteiger partial charge in [0, 0.05) is 25.6 Å². The van der Waals surface area contributed by atoms with Gasteiger partial charge < -0.3 is 15.2 Å². The maximum absolute atomic E-state index is 13.1. The molecule has 13 heteroatoms. The van der Waals surface area contributed by atoms with Gasteiger partial charge in [0.1, 0.15) is 5.69 Å². The van der Waals surface area contributed by atoms with Gasteiger partial charge in [0.05, 0.1) is 50.8 Å². The molecule has 2 N–H and O–H groups in total. The van der Waals surface area contributed by atoms with E-state index in [0.29, 0.717) is 32.7 Å². The van der Waals surface area contributed by atoms with E-state index >= 15 is 0 Å². The Morgan fingerprint density at radius 2 is 1.88 bits per heavy atom. The Balaban J connectivity index is 1.56. The number of pyridine rings is 3. The molecular weight excluding hydrogens is 482 g/mol. The van der Waals surface area contributed by atoms with Gasteiger partial charge in [-0.25, -0.2) is 9.97 Å². The molecule has 0 unspecified atom stereocenters. The number of hydrogen-bond acceptors (Lipinski definition) is 6. The van der Waals surface area contributed by atoms with E-state index in [-0.39, 0.29) is 11.4 Å². The van der Waals surface area contributed by atoms with Gasteiger partial charge in [-0.3, -0.25) is 14.8 Å². The smallest absolute Gasteiger partial charge is 0.345 e. The molecule has 1 amide bonds. The van der Waals surface area contributed by atoms with Crippen molar-refractivity contribution >= 4 is 51.8 Å². The Labute approximate surface area is 194 Å². The topological polar surface area (TPSA) is 97.6 Å². The predicted molar refractivity (Wildman–Crippen MR) is 116 cm³/mol. The van der Waals surface area contributed by atoms with Crippen molar-refractivity contribution in [2.45, 2.75) is 12.7 Å². The van der Waals surface area contributed by atoms with Gasteiger partial charge in [-0.05, 0) is 18.2 Å². The summed E-state index contributed by atoms with van der Waals surface area (Å²) >= 11 is 12.3. The Morgan fingerprint density at radius 1 is 1.15 bits per heavy atom. The highest BCUT2D eigenvalue weighted by Gasteiger charge is 2.33. The van der Waals surface area contributed by atoms with E-state index in [1.807, 2.05) is 0 Å². The number of halogens is 5. The van der Waals surface area contributed by atoms with Crippen LogP contribution < -0.4 is 10.6 Å². The predicted octanol–water partition coefficient (Wildman–Crippen LogP) is 4.76. The molecule has 4 rings (SSSR count). The van der Waals surface area contributed by atoms with Crippen LogP contribution in [0.5, 0.6) is 0 Å². The lowest BCUT2D eigenvalue weighted by molar-refractivity contribution is -0.138. The number of aryl methyl sites for hydroxylation is 1. The summed E-state index contributed by atoms with van der Waals surface area (Å²) in [7, 11) is 1.72. The quantitative estimate of drug-likeness (QED) is 0.414. The van der Waals surface area contributed by atoms with Crippen molar-refractivity contribution < 1.29 is 18.0 Å². The maximum Gasteiger partial charge on any atom is 0.418 e. The average Bonchev–Trinajstić information content (AvgIpc) is 3.09. The van der Waals surface area contributed by atoms with Crippen LogP contribution in [0.1, 0.15) is 21.7 Å². The first-order valence-electron chi connectivity index (χ1n) is 9.33. The molecule has 0 fully saturated rings. The minimum atomic E-state index is -4.58. The lowest BCUT2D eigenvalue weighted by Gasteiger charge is -2.12. The largest absolute Gasteiger partial charge is 0.418 e. The highest BCUT2D eigenvalue weighted by Crippen LogP contribution is 2.32. The normalized spacial score (nSPS) is 11.6. The van der Waals surface area contributed by atoms with E-state index in [2.05, 4.69) is 30.6 Å². The molecule has 0 saturated carbocycles. The number of aromatic nitrogens is 5. The molecule has 4 heterocycles. The summed E-state index contributed by atoms with van der Waals surface area (Å²) in [6, 6.07) is 3.51. The summed E-state index contributed by atoms with van der Waals surface area (Å²) in [6.45, 7) is -0.414. The van der Waals surface area contributed by atoms with Crippen molar-refractivity contribution in [3.63, 3.8) is 0 Å². The molecule has 33 heavy (non-hydrogen) atoms. The van der Waals surface area contributed by atoms with E-state index in [1.54, 1.807) is 11.6 Å². The third-order valence-corrected chi connectivity index (χ3v) is 5.28. The lowest BCUT2D eigenvalue weighted by atomic mass is 10.2. The minimum Gasteiger partial charge on any atom is -0.345 e. The van der Waals surface area contributed by atoms with Crippen LogP contribution in [-0.2, 0) is 19.8 Å². The molecule has 170 valence electrons. The van der Waals surface area contributed by atoms with E-state index in [0.717, 1.165) is 6.07 Å². The van der Waals surface area contributed by atoms with Crippen molar-refractivity contribution in [1.29, 1.82) is 0 Å². The fourth-order valence-electron chi connectivity index (χ4n) is 3.06. The molecule has 0 spiro atoms. The highest BCUT2D eigenvalue weighted by atomic mass is 35.5. The molecule has 0 saturated heterocycles. The van der Waals surface area contributed by atoms with Gasteiger partial charge in [-0.15, -0.1) is 0 Å². The number of alkyl halides is 3. The van der Waals surface area contributed by atoms with E-state index in [9.17, 15) is 18.0 Å². The molecule has 0 radical (unpaired) electrons. The zero-order chi connectivity index (χ0) is 23.8. The van der Waals surface area contributed by atoms with Gasteiger partial charge >= 0.3 is 6.18 Å². The van der Waals surface area contributed by atoms with Crippen LogP contribution in [0.25, 0.3) is 11.0 Å². The zero-order valence-corrected chi connectivity index (χ0v) is 18.3. The third-order valence-electron chi connectivity index (χ3n) is 4.70. The van der Waals surface area contributed by atoms with Crippen molar-refractivity contribution in [3.8, 4) is 0 Å². The minimum absolute atomic E-state index is 0.0170. The summed E-state index contributed by atoms with van der Waals surface area (Å²) in [5, 5.41) is 6.02. The molecule has 0 aliphatic rings. The summed E-state index contributed by atoms with van der Waals surface area (Å²) in [4.78, 5) is 28.7. The molecule has 0 bridgehead atoms.